The highest BCUT2D eigenvalue weighted by Gasteiger charge is 2.28. The molecule has 3 aromatic rings. The lowest BCUT2D eigenvalue weighted by Crippen LogP contribution is -3.09. The van der Waals surface area contributed by atoms with Crippen molar-refractivity contribution in [3.63, 3.8) is 0 Å². The molecule has 4 heteroatoms. The number of hydrogen-bond acceptors (Lipinski definition) is 1. The molecule has 3 aromatic carbocycles. The highest BCUT2D eigenvalue weighted by molar-refractivity contribution is 5.77. The molecule has 0 spiro atoms. The standard InChI is InChI=1S/C26H29N3O/c30-25(28-24-16-17-29(20-24)19-21-10-4-1-5-11-21)18-27-26(22-12-6-2-7-13-22)23-14-8-3-9-15-23/h1-15,24,26-27H,16-20H2,(H,28,30)/p+2/t24-/m1/s1. The van der Waals surface area contributed by atoms with Crippen molar-refractivity contribution in [2.24, 2.45) is 0 Å². The minimum atomic E-state index is 0.123. The summed E-state index contributed by atoms with van der Waals surface area (Å²) < 4.78 is 0. The lowest BCUT2D eigenvalue weighted by molar-refractivity contribution is -0.901. The molecule has 1 fully saturated rings. The first-order valence-electron chi connectivity index (χ1n) is 10.9. The number of rotatable bonds is 8. The number of quaternary nitrogens is 2. The third-order valence-electron chi connectivity index (χ3n) is 5.90. The molecule has 154 valence electrons. The van der Waals surface area contributed by atoms with Gasteiger partial charge in [-0.05, 0) is 0 Å². The van der Waals surface area contributed by atoms with E-state index in [-0.39, 0.29) is 18.0 Å². The van der Waals surface area contributed by atoms with Gasteiger partial charge in [0.05, 0.1) is 19.1 Å². The number of hydrogen-bond donors (Lipinski definition) is 3. The maximum atomic E-state index is 12.7. The van der Waals surface area contributed by atoms with Crippen LogP contribution in [0.3, 0.4) is 0 Å². The molecule has 2 atom stereocenters. The number of carbonyl (C=O) groups excluding carboxylic acids is 1. The summed E-state index contributed by atoms with van der Waals surface area (Å²) in [4.78, 5) is 14.2. The van der Waals surface area contributed by atoms with Gasteiger partial charge in [-0.15, -0.1) is 0 Å². The van der Waals surface area contributed by atoms with E-state index in [0.717, 1.165) is 26.1 Å². The van der Waals surface area contributed by atoms with Gasteiger partial charge in [0, 0.05) is 23.1 Å². The fraction of sp³-hybridized carbons (Fsp3) is 0.269. The predicted molar refractivity (Wildman–Crippen MR) is 119 cm³/mol. The molecule has 1 aliphatic heterocycles. The Labute approximate surface area is 178 Å². The van der Waals surface area contributed by atoms with E-state index in [0.29, 0.717) is 6.54 Å². The first kappa shape index (κ1) is 20.3. The molecule has 30 heavy (non-hydrogen) atoms. The van der Waals surface area contributed by atoms with E-state index >= 15 is 0 Å². The van der Waals surface area contributed by atoms with Crippen LogP contribution in [-0.2, 0) is 11.3 Å². The summed E-state index contributed by atoms with van der Waals surface area (Å²) in [5, 5.41) is 5.40. The van der Waals surface area contributed by atoms with Gasteiger partial charge in [-0.1, -0.05) is 91.0 Å². The van der Waals surface area contributed by atoms with E-state index in [1.165, 1.54) is 16.7 Å². The monoisotopic (exact) mass is 401 g/mol. The number of nitrogens with two attached hydrogens (primary N) is 1. The van der Waals surface area contributed by atoms with Crippen molar-refractivity contribution in [3.05, 3.63) is 108 Å². The summed E-state index contributed by atoms with van der Waals surface area (Å²) in [5.41, 5.74) is 3.80. The minimum Gasteiger partial charge on any atom is -0.343 e. The maximum Gasteiger partial charge on any atom is 0.275 e. The Morgan fingerprint density at radius 3 is 2.07 bits per heavy atom. The molecule has 0 aliphatic carbocycles. The zero-order chi connectivity index (χ0) is 20.6. The number of nitrogens with one attached hydrogen (secondary N) is 2. The molecular formula is C26H31N3O+2. The van der Waals surface area contributed by atoms with Crippen molar-refractivity contribution < 1.29 is 15.0 Å². The third-order valence-corrected chi connectivity index (χ3v) is 5.90. The number of likely N-dealkylation sites (tertiary alicyclic amines) is 1. The largest absolute Gasteiger partial charge is 0.343 e. The van der Waals surface area contributed by atoms with Gasteiger partial charge < -0.3 is 15.5 Å². The number of amides is 1. The topological polar surface area (TPSA) is 50.1 Å². The van der Waals surface area contributed by atoms with Gasteiger partial charge in [0.15, 0.2) is 6.54 Å². The van der Waals surface area contributed by atoms with Crippen molar-refractivity contribution in [2.45, 2.75) is 25.0 Å². The predicted octanol–water partition coefficient (Wildman–Crippen LogP) is 1.31. The van der Waals surface area contributed by atoms with Gasteiger partial charge in [-0.3, -0.25) is 4.79 Å². The van der Waals surface area contributed by atoms with E-state index < -0.39 is 0 Å². The molecule has 0 radical (unpaired) electrons. The normalized spacial score (nSPS) is 18.4. The Bertz CT molecular complexity index is 875. The van der Waals surface area contributed by atoms with E-state index in [1.807, 2.05) is 12.1 Å². The van der Waals surface area contributed by atoms with Gasteiger partial charge in [-0.25, -0.2) is 0 Å². The SMILES string of the molecule is O=C(C[NH2+]C(c1ccccc1)c1ccccc1)N[C@@H]1CC[NH+](Cc2ccccc2)C1. The summed E-state index contributed by atoms with van der Waals surface area (Å²) in [5.74, 6) is 0.123. The molecular weight excluding hydrogens is 370 g/mol. The highest BCUT2D eigenvalue weighted by Crippen LogP contribution is 2.17. The van der Waals surface area contributed by atoms with Crippen molar-refractivity contribution in [3.8, 4) is 0 Å². The second kappa shape index (κ2) is 10.2. The van der Waals surface area contributed by atoms with E-state index in [4.69, 9.17) is 0 Å². The molecule has 1 unspecified atom stereocenters. The van der Waals surface area contributed by atoms with Crippen LogP contribution in [0.4, 0.5) is 0 Å². The number of benzene rings is 3. The van der Waals surface area contributed by atoms with Gasteiger partial charge >= 0.3 is 0 Å². The van der Waals surface area contributed by atoms with Crippen LogP contribution in [0.2, 0.25) is 0 Å². The quantitative estimate of drug-likeness (QED) is 0.524. The van der Waals surface area contributed by atoms with Crippen molar-refractivity contribution >= 4 is 5.91 Å². The molecule has 1 amide bonds. The fourth-order valence-corrected chi connectivity index (χ4v) is 4.40. The molecule has 0 saturated carbocycles. The van der Waals surface area contributed by atoms with Gasteiger partial charge in [0.25, 0.3) is 5.91 Å². The Balaban J connectivity index is 1.30. The Kier molecular flexibility index (Phi) is 6.91. The van der Waals surface area contributed by atoms with E-state index in [9.17, 15) is 4.79 Å². The highest BCUT2D eigenvalue weighted by atomic mass is 16.2. The number of carbonyl (C=O) groups is 1. The van der Waals surface area contributed by atoms with E-state index in [1.54, 1.807) is 4.90 Å². The molecule has 1 saturated heterocycles. The summed E-state index contributed by atoms with van der Waals surface area (Å²) in [6.07, 6.45) is 1.05. The fourth-order valence-electron chi connectivity index (χ4n) is 4.40. The first-order chi connectivity index (χ1) is 14.8. The smallest absolute Gasteiger partial charge is 0.275 e. The van der Waals surface area contributed by atoms with E-state index in [2.05, 4.69) is 89.5 Å². The van der Waals surface area contributed by atoms with Crippen LogP contribution in [0.25, 0.3) is 0 Å². The van der Waals surface area contributed by atoms with Crippen molar-refractivity contribution in [1.29, 1.82) is 0 Å². The van der Waals surface area contributed by atoms with Crippen LogP contribution >= 0.6 is 0 Å². The molecule has 1 aliphatic rings. The molecule has 4 rings (SSSR count). The Morgan fingerprint density at radius 1 is 0.900 bits per heavy atom. The van der Waals surface area contributed by atoms with Crippen molar-refractivity contribution in [2.75, 3.05) is 19.6 Å². The van der Waals surface area contributed by atoms with Crippen LogP contribution in [0.1, 0.15) is 29.2 Å². The summed E-state index contributed by atoms with van der Waals surface area (Å²) >= 11 is 0. The second-order valence-corrected chi connectivity index (χ2v) is 8.16. The Morgan fingerprint density at radius 2 is 1.47 bits per heavy atom. The average molecular weight is 402 g/mol. The zero-order valence-corrected chi connectivity index (χ0v) is 17.3. The van der Waals surface area contributed by atoms with Gasteiger partial charge in [0.2, 0.25) is 0 Å². The molecule has 1 heterocycles. The molecule has 0 bridgehead atoms. The summed E-state index contributed by atoms with van der Waals surface area (Å²) in [6.45, 7) is 3.57. The van der Waals surface area contributed by atoms with Crippen LogP contribution in [-0.4, -0.2) is 31.6 Å². The zero-order valence-electron chi connectivity index (χ0n) is 17.3. The lowest BCUT2D eigenvalue weighted by atomic mass is 9.99. The average Bonchev–Trinajstić information content (AvgIpc) is 3.22. The van der Waals surface area contributed by atoms with Gasteiger partial charge in [-0.2, -0.15) is 0 Å². The maximum absolute atomic E-state index is 12.7. The molecule has 4 N–H and O–H groups in total. The Hall–Kier alpha value is -2.95. The first-order valence-corrected chi connectivity index (χ1v) is 10.9. The molecule has 4 nitrogen and oxygen atoms in total. The third kappa shape index (κ3) is 5.56. The lowest BCUT2D eigenvalue weighted by Gasteiger charge is -2.17. The minimum absolute atomic E-state index is 0.123. The molecule has 0 aromatic heterocycles. The van der Waals surface area contributed by atoms with Crippen LogP contribution in [0, 0.1) is 0 Å². The summed E-state index contributed by atoms with van der Waals surface area (Å²) in [6, 6.07) is 31.8. The van der Waals surface area contributed by atoms with Gasteiger partial charge in [0.1, 0.15) is 12.6 Å². The summed E-state index contributed by atoms with van der Waals surface area (Å²) in [7, 11) is 0. The second-order valence-electron chi connectivity index (χ2n) is 8.16. The van der Waals surface area contributed by atoms with Crippen LogP contribution < -0.4 is 15.5 Å². The van der Waals surface area contributed by atoms with Crippen molar-refractivity contribution in [1.82, 2.24) is 5.32 Å². The van der Waals surface area contributed by atoms with Crippen LogP contribution in [0.15, 0.2) is 91.0 Å². The van der Waals surface area contributed by atoms with Crippen LogP contribution in [0.5, 0.6) is 0 Å².